The van der Waals surface area contributed by atoms with E-state index in [1.807, 2.05) is 54.6 Å². The molecule has 0 aromatic heterocycles. The minimum absolute atomic E-state index is 0.0297. The van der Waals surface area contributed by atoms with Crippen molar-refractivity contribution in [2.24, 2.45) is 0 Å². The lowest BCUT2D eigenvalue weighted by atomic mass is 10.0. The fourth-order valence-electron chi connectivity index (χ4n) is 2.05. The number of anilines is 1. The van der Waals surface area contributed by atoms with Crippen LogP contribution in [0.5, 0.6) is 0 Å². The third-order valence-corrected chi connectivity index (χ3v) is 3.09. The largest absolute Gasteiger partial charge is 0.322 e. The van der Waals surface area contributed by atoms with Gasteiger partial charge in [-0.15, -0.1) is 0 Å². The molecule has 0 aliphatic carbocycles. The second kappa shape index (κ2) is 6.74. The van der Waals surface area contributed by atoms with E-state index in [1.165, 1.54) is 0 Å². The predicted octanol–water partition coefficient (Wildman–Crippen LogP) is 4.28. The van der Waals surface area contributed by atoms with Crippen molar-refractivity contribution in [2.75, 3.05) is 5.32 Å². The molecule has 0 saturated carbocycles. The second-order valence-electron chi connectivity index (χ2n) is 4.58. The van der Waals surface area contributed by atoms with Crippen LogP contribution in [-0.4, -0.2) is 5.91 Å². The number of carbonyl (C=O) groups excluding carboxylic acids is 1. The van der Waals surface area contributed by atoms with Crippen LogP contribution in [-0.2, 0) is 6.42 Å². The van der Waals surface area contributed by atoms with E-state index in [-0.39, 0.29) is 5.91 Å². The molecular weight excluding hydrogens is 234 g/mol. The highest BCUT2D eigenvalue weighted by Crippen LogP contribution is 2.15. The van der Waals surface area contributed by atoms with Gasteiger partial charge < -0.3 is 5.32 Å². The van der Waals surface area contributed by atoms with E-state index in [0.717, 1.165) is 36.1 Å². The highest BCUT2D eigenvalue weighted by Gasteiger charge is 2.10. The summed E-state index contributed by atoms with van der Waals surface area (Å²) in [5.41, 5.74) is 2.73. The Morgan fingerprint density at radius 3 is 2.42 bits per heavy atom. The first kappa shape index (κ1) is 13.3. The Hall–Kier alpha value is -2.09. The molecule has 0 saturated heterocycles. The number of amides is 1. The zero-order valence-corrected chi connectivity index (χ0v) is 11.2. The van der Waals surface area contributed by atoms with Crippen molar-refractivity contribution < 1.29 is 4.79 Å². The number of hydrogen-bond acceptors (Lipinski definition) is 1. The summed E-state index contributed by atoms with van der Waals surface area (Å²) in [6.45, 7) is 2.16. The summed E-state index contributed by atoms with van der Waals surface area (Å²) in [5.74, 6) is -0.0297. The van der Waals surface area contributed by atoms with Gasteiger partial charge in [0.15, 0.2) is 0 Å². The van der Waals surface area contributed by atoms with E-state index in [2.05, 4.69) is 12.2 Å². The van der Waals surface area contributed by atoms with Crippen molar-refractivity contribution in [3.05, 3.63) is 65.7 Å². The first-order chi connectivity index (χ1) is 9.31. The number of benzene rings is 2. The van der Waals surface area contributed by atoms with Crippen molar-refractivity contribution in [2.45, 2.75) is 26.2 Å². The highest BCUT2D eigenvalue weighted by molar-refractivity contribution is 6.05. The lowest BCUT2D eigenvalue weighted by molar-refractivity contribution is 0.102. The molecule has 2 aromatic rings. The molecule has 0 heterocycles. The van der Waals surface area contributed by atoms with Crippen LogP contribution in [0.15, 0.2) is 54.6 Å². The maximum atomic E-state index is 12.3. The van der Waals surface area contributed by atoms with Crippen molar-refractivity contribution in [1.29, 1.82) is 0 Å². The van der Waals surface area contributed by atoms with Crippen LogP contribution in [0.25, 0.3) is 0 Å². The summed E-state index contributed by atoms with van der Waals surface area (Å²) >= 11 is 0. The van der Waals surface area contributed by atoms with Gasteiger partial charge in [-0.25, -0.2) is 0 Å². The molecule has 98 valence electrons. The van der Waals surface area contributed by atoms with E-state index < -0.39 is 0 Å². The van der Waals surface area contributed by atoms with Gasteiger partial charge in [0.25, 0.3) is 5.91 Å². The summed E-state index contributed by atoms with van der Waals surface area (Å²) in [5, 5.41) is 2.94. The van der Waals surface area contributed by atoms with E-state index in [0.29, 0.717) is 0 Å². The molecule has 1 amide bonds. The van der Waals surface area contributed by atoms with Crippen LogP contribution in [0.2, 0.25) is 0 Å². The van der Waals surface area contributed by atoms with Gasteiger partial charge in [-0.05, 0) is 36.6 Å². The maximum Gasteiger partial charge on any atom is 0.255 e. The molecule has 0 fully saturated rings. The Morgan fingerprint density at radius 2 is 1.68 bits per heavy atom. The van der Waals surface area contributed by atoms with Gasteiger partial charge in [0.05, 0.1) is 0 Å². The molecule has 0 bridgehead atoms. The minimum atomic E-state index is -0.0297. The number of unbranched alkanes of at least 4 members (excludes halogenated alkanes) is 1. The molecule has 0 spiro atoms. The predicted molar refractivity (Wildman–Crippen MR) is 79.4 cm³/mol. The summed E-state index contributed by atoms with van der Waals surface area (Å²) < 4.78 is 0. The fraction of sp³-hybridized carbons (Fsp3) is 0.235. The SMILES string of the molecule is CCCCc1ccccc1C(=O)Nc1ccccc1. The third-order valence-electron chi connectivity index (χ3n) is 3.09. The molecule has 0 unspecified atom stereocenters. The zero-order valence-electron chi connectivity index (χ0n) is 11.2. The summed E-state index contributed by atoms with van der Waals surface area (Å²) in [6, 6.07) is 17.4. The normalized spacial score (nSPS) is 10.2. The summed E-state index contributed by atoms with van der Waals surface area (Å²) in [7, 11) is 0. The minimum Gasteiger partial charge on any atom is -0.322 e. The summed E-state index contributed by atoms with van der Waals surface area (Å²) in [4.78, 5) is 12.3. The fourth-order valence-corrected chi connectivity index (χ4v) is 2.05. The topological polar surface area (TPSA) is 29.1 Å². The van der Waals surface area contributed by atoms with Crippen LogP contribution in [0.4, 0.5) is 5.69 Å². The van der Waals surface area contributed by atoms with E-state index in [9.17, 15) is 4.79 Å². The van der Waals surface area contributed by atoms with Gasteiger partial charge in [0.1, 0.15) is 0 Å². The summed E-state index contributed by atoms with van der Waals surface area (Å²) in [6.07, 6.45) is 3.19. The van der Waals surface area contributed by atoms with Gasteiger partial charge in [0, 0.05) is 11.3 Å². The molecule has 2 heteroatoms. The van der Waals surface area contributed by atoms with Gasteiger partial charge >= 0.3 is 0 Å². The van der Waals surface area contributed by atoms with Gasteiger partial charge in [-0.3, -0.25) is 4.79 Å². The average Bonchev–Trinajstić information content (AvgIpc) is 2.46. The third kappa shape index (κ3) is 3.68. The molecule has 0 aliphatic rings. The van der Waals surface area contributed by atoms with Crippen molar-refractivity contribution in [3.63, 3.8) is 0 Å². The number of nitrogens with one attached hydrogen (secondary N) is 1. The number of para-hydroxylation sites is 1. The van der Waals surface area contributed by atoms with Crippen molar-refractivity contribution >= 4 is 11.6 Å². The molecule has 0 aliphatic heterocycles. The molecule has 2 rings (SSSR count). The Labute approximate surface area is 114 Å². The molecule has 2 nitrogen and oxygen atoms in total. The quantitative estimate of drug-likeness (QED) is 0.846. The lowest BCUT2D eigenvalue weighted by Gasteiger charge is -2.09. The van der Waals surface area contributed by atoms with Crippen LogP contribution < -0.4 is 5.32 Å². The van der Waals surface area contributed by atoms with Gasteiger partial charge in [-0.2, -0.15) is 0 Å². The monoisotopic (exact) mass is 253 g/mol. The molecule has 2 aromatic carbocycles. The lowest BCUT2D eigenvalue weighted by Crippen LogP contribution is -2.14. The van der Waals surface area contributed by atoms with Crippen LogP contribution in [0.3, 0.4) is 0 Å². The number of rotatable bonds is 5. The van der Waals surface area contributed by atoms with Gasteiger partial charge in [-0.1, -0.05) is 49.7 Å². The number of aryl methyl sites for hydroxylation is 1. The zero-order chi connectivity index (χ0) is 13.5. The standard InChI is InChI=1S/C17H19NO/c1-2-3-9-14-10-7-8-13-16(14)17(19)18-15-11-5-4-6-12-15/h4-8,10-13H,2-3,9H2,1H3,(H,18,19). The molecule has 1 N–H and O–H groups in total. The van der Waals surface area contributed by atoms with Crippen molar-refractivity contribution in [1.82, 2.24) is 0 Å². The maximum absolute atomic E-state index is 12.3. The van der Waals surface area contributed by atoms with Gasteiger partial charge in [0.2, 0.25) is 0 Å². The molecule has 19 heavy (non-hydrogen) atoms. The number of carbonyl (C=O) groups is 1. The van der Waals surface area contributed by atoms with Crippen LogP contribution in [0.1, 0.15) is 35.7 Å². The smallest absolute Gasteiger partial charge is 0.255 e. The first-order valence-corrected chi connectivity index (χ1v) is 6.75. The molecular formula is C17H19NO. The highest BCUT2D eigenvalue weighted by atomic mass is 16.1. The number of hydrogen-bond donors (Lipinski definition) is 1. The Morgan fingerprint density at radius 1 is 1.00 bits per heavy atom. The first-order valence-electron chi connectivity index (χ1n) is 6.75. The van der Waals surface area contributed by atoms with E-state index in [4.69, 9.17) is 0 Å². The second-order valence-corrected chi connectivity index (χ2v) is 4.58. The van der Waals surface area contributed by atoms with Crippen molar-refractivity contribution in [3.8, 4) is 0 Å². The van der Waals surface area contributed by atoms with E-state index in [1.54, 1.807) is 0 Å². The molecule has 0 radical (unpaired) electrons. The van der Waals surface area contributed by atoms with Crippen LogP contribution >= 0.6 is 0 Å². The average molecular weight is 253 g/mol. The Kier molecular flexibility index (Phi) is 4.73. The Balaban J connectivity index is 2.14. The Bertz CT molecular complexity index is 534. The molecule has 0 atom stereocenters. The van der Waals surface area contributed by atoms with E-state index >= 15 is 0 Å². The van der Waals surface area contributed by atoms with Crippen LogP contribution in [0, 0.1) is 0 Å².